The van der Waals surface area contributed by atoms with Crippen molar-refractivity contribution in [1.82, 2.24) is 15.0 Å². The van der Waals surface area contributed by atoms with Crippen LogP contribution in [0.4, 0.5) is 23.3 Å². The molecule has 0 aliphatic carbocycles. The van der Waals surface area contributed by atoms with Crippen molar-refractivity contribution in [2.45, 2.75) is 13.2 Å². The van der Waals surface area contributed by atoms with Gasteiger partial charge in [0.25, 0.3) is 0 Å². The number of morpholine rings is 1. The van der Waals surface area contributed by atoms with Gasteiger partial charge in [-0.2, -0.15) is 15.0 Å². The molecule has 1 saturated heterocycles. The Hall–Kier alpha value is -3.59. The summed E-state index contributed by atoms with van der Waals surface area (Å²) in [7, 11) is 0. The third kappa shape index (κ3) is 4.31. The SMILES string of the molecule is CCOc1nc(Nc2ccc([C@H]3Nc4ccccc4O3)cc2)nc(N2CCOCC2)n1. The van der Waals surface area contributed by atoms with Gasteiger partial charge in [-0.3, -0.25) is 0 Å². The number of rotatable bonds is 6. The molecule has 3 aromatic rings. The molecule has 0 spiro atoms. The fourth-order valence-electron chi connectivity index (χ4n) is 3.51. The highest BCUT2D eigenvalue weighted by atomic mass is 16.5. The van der Waals surface area contributed by atoms with Crippen LogP contribution < -0.4 is 25.0 Å². The number of aromatic nitrogens is 3. The van der Waals surface area contributed by atoms with Gasteiger partial charge in [0.15, 0.2) is 6.23 Å². The average molecular weight is 420 g/mol. The minimum Gasteiger partial charge on any atom is -0.464 e. The van der Waals surface area contributed by atoms with E-state index in [-0.39, 0.29) is 6.23 Å². The summed E-state index contributed by atoms with van der Waals surface area (Å²) in [5.74, 6) is 1.89. The van der Waals surface area contributed by atoms with E-state index in [1.807, 2.05) is 55.5 Å². The standard InChI is InChI=1S/C22H24N6O3/c1-2-30-22-26-20(25-21(27-22)28-11-13-29-14-12-28)23-16-9-7-15(8-10-16)19-24-17-5-3-4-6-18(17)31-19/h3-10,19,24H,2,11-14H2,1H3,(H,23,25,26,27)/t19-/m0/s1. The second-order valence-electron chi connectivity index (χ2n) is 7.16. The molecule has 3 heterocycles. The largest absolute Gasteiger partial charge is 0.464 e. The predicted molar refractivity (Wildman–Crippen MR) is 117 cm³/mol. The highest BCUT2D eigenvalue weighted by Gasteiger charge is 2.22. The van der Waals surface area contributed by atoms with Crippen molar-refractivity contribution in [3.05, 3.63) is 54.1 Å². The molecule has 2 aromatic carbocycles. The summed E-state index contributed by atoms with van der Waals surface area (Å²) in [6, 6.07) is 16.2. The quantitative estimate of drug-likeness (QED) is 0.622. The Kier molecular flexibility index (Phi) is 5.40. The van der Waals surface area contributed by atoms with Gasteiger partial charge < -0.3 is 29.7 Å². The van der Waals surface area contributed by atoms with Crippen molar-refractivity contribution in [3.8, 4) is 11.8 Å². The first-order valence-electron chi connectivity index (χ1n) is 10.4. The second kappa shape index (κ2) is 8.65. The van der Waals surface area contributed by atoms with Crippen LogP contribution >= 0.6 is 0 Å². The molecule has 0 bridgehead atoms. The van der Waals surface area contributed by atoms with Gasteiger partial charge in [-0.15, -0.1) is 0 Å². The lowest BCUT2D eigenvalue weighted by molar-refractivity contribution is 0.122. The van der Waals surface area contributed by atoms with Crippen molar-refractivity contribution in [3.63, 3.8) is 0 Å². The molecule has 9 nitrogen and oxygen atoms in total. The van der Waals surface area contributed by atoms with E-state index in [0.29, 0.717) is 37.7 Å². The zero-order chi connectivity index (χ0) is 21.0. The molecule has 1 aromatic heterocycles. The Labute approximate surface area is 180 Å². The molecule has 0 amide bonds. The van der Waals surface area contributed by atoms with Crippen LogP contribution in [-0.2, 0) is 4.74 Å². The minimum absolute atomic E-state index is 0.207. The molecule has 9 heteroatoms. The van der Waals surface area contributed by atoms with Crippen molar-refractivity contribution < 1.29 is 14.2 Å². The number of ether oxygens (including phenoxy) is 3. The van der Waals surface area contributed by atoms with Crippen LogP contribution in [0.1, 0.15) is 18.7 Å². The second-order valence-corrected chi connectivity index (χ2v) is 7.16. The van der Waals surface area contributed by atoms with E-state index < -0.39 is 0 Å². The van der Waals surface area contributed by atoms with Gasteiger partial charge >= 0.3 is 6.01 Å². The maximum absolute atomic E-state index is 5.98. The molecule has 2 N–H and O–H groups in total. The van der Waals surface area contributed by atoms with Crippen LogP contribution in [0.3, 0.4) is 0 Å². The maximum Gasteiger partial charge on any atom is 0.323 e. The molecular formula is C22H24N6O3. The van der Waals surface area contributed by atoms with Crippen molar-refractivity contribution in [2.75, 3.05) is 48.4 Å². The van der Waals surface area contributed by atoms with E-state index in [0.717, 1.165) is 35.8 Å². The number of para-hydroxylation sites is 2. The molecule has 0 saturated carbocycles. The first-order valence-corrected chi connectivity index (χ1v) is 10.4. The van der Waals surface area contributed by atoms with Crippen LogP contribution in [0.2, 0.25) is 0 Å². The number of hydrogen-bond acceptors (Lipinski definition) is 9. The highest BCUT2D eigenvalue weighted by molar-refractivity contribution is 5.61. The lowest BCUT2D eigenvalue weighted by Gasteiger charge is -2.27. The summed E-state index contributed by atoms with van der Waals surface area (Å²) in [5.41, 5.74) is 2.89. The van der Waals surface area contributed by atoms with Crippen LogP contribution in [0, 0.1) is 0 Å². The summed E-state index contributed by atoms with van der Waals surface area (Å²) in [4.78, 5) is 15.5. The molecule has 2 aliphatic heterocycles. The van der Waals surface area contributed by atoms with Crippen molar-refractivity contribution in [2.24, 2.45) is 0 Å². The van der Waals surface area contributed by atoms with E-state index in [1.54, 1.807) is 0 Å². The summed E-state index contributed by atoms with van der Waals surface area (Å²) >= 11 is 0. The Morgan fingerprint density at radius 3 is 2.65 bits per heavy atom. The van der Waals surface area contributed by atoms with Gasteiger partial charge in [0, 0.05) is 24.3 Å². The monoisotopic (exact) mass is 420 g/mol. The molecule has 1 fully saturated rings. The normalized spacial score (nSPS) is 17.5. The zero-order valence-corrected chi connectivity index (χ0v) is 17.2. The van der Waals surface area contributed by atoms with E-state index in [1.165, 1.54) is 0 Å². The predicted octanol–water partition coefficient (Wildman–Crippen LogP) is 3.35. The lowest BCUT2D eigenvalue weighted by atomic mass is 10.2. The average Bonchev–Trinajstić information content (AvgIpc) is 3.25. The summed E-state index contributed by atoms with van der Waals surface area (Å²) in [5, 5.41) is 6.63. The number of nitrogens with one attached hydrogen (secondary N) is 2. The molecular weight excluding hydrogens is 396 g/mol. The smallest absolute Gasteiger partial charge is 0.323 e. The van der Waals surface area contributed by atoms with E-state index in [4.69, 9.17) is 14.2 Å². The maximum atomic E-state index is 5.98. The van der Waals surface area contributed by atoms with Gasteiger partial charge in [-0.05, 0) is 31.2 Å². The van der Waals surface area contributed by atoms with Crippen LogP contribution in [0.15, 0.2) is 48.5 Å². The van der Waals surface area contributed by atoms with Gasteiger partial charge in [0.2, 0.25) is 11.9 Å². The number of hydrogen-bond donors (Lipinski definition) is 2. The van der Waals surface area contributed by atoms with Gasteiger partial charge in [0.1, 0.15) is 5.75 Å². The molecule has 0 radical (unpaired) electrons. The summed E-state index contributed by atoms with van der Waals surface area (Å²) in [6.45, 7) is 5.17. The van der Waals surface area contributed by atoms with E-state index in [2.05, 4.69) is 30.5 Å². The van der Waals surface area contributed by atoms with Crippen molar-refractivity contribution >= 4 is 23.3 Å². The van der Waals surface area contributed by atoms with Crippen LogP contribution in [0.25, 0.3) is 0 Å². The molecule has 1 atom stereocenters. The molecule has 31 heavy (non-hydrogen) atoms. The van der Waals surface area contributed by atoms with E-state index >= 15 is 0 Å². The molecule has 5 rings (SSSR count). The third-order valence-corrected chi connectivity index (χ3v) is 5.06. The highest BCUT2D eigenvalue weighted by Crippen LogP contribution is 2.37. The minimum atomic E-state index is -0.207. The first kappa shape index (κ1) is 19.4. The van der Waals surface area contributed by atoms with Gasteiger partial charge in [0.05, 0.1) is 25.5 Å². The molecule has 2 aliphatic rings. The summed E-state index contributed by atoms with van der Waals surface area (Å²) in [6.07, 6.45) is -0.207. The lowest BCUT2D eigenvalue weighted by Crippen LogP contribution is -2.37. The fourth-order valence-corrected chi connectivity index (χ4v) is 3.51. The Bertz CT molecular complexity index is 1010. The topological polar surface area (TPSA) is 93.7 Å². The summed E-state index contributed by atoms with van der Waals surface area (Å²) < 4.78 is 17.0. The Morgan fingerprint density at radius 2 is 1.87 bits per heavy atom. The molecule has 0 unspecified atom stereocenters. The number of anilines is 4. The van der Waals surface area contributed by atoms with Crippen LogP contribution in [0.5, 0.6) is 11.8 Å². The Morgan fingerprint density at radius 1 is 1.06 bits per heavy atom. The van der Waals surface area contributed by atoms with Gasteiger partial charge in [-0.25, -0.2) is 0 Å². The third-order valence-electron chi connectivity index (χ3n) is 5.06. The fraction of sp³-hybridized carbons (Fsp3) is 0.318. The zero-order valence-electron chi connectivity index (χ0n) is 17.2. The van der Waals surface area contributed by atoms with Gasteiger partial charge in [-0.1, -0.05) is 24.3 Å². The van der Waals surface area contributed by atoms with Crippen molar-refractivity contribution in [1.29, 1.82) is 0 Å². The number of benzene rings is 2. The van der Waals surface area contributed by atoms with E-state index in [9.17, 15) is 0 Å². The Balaban J connectivity index is 1.32. The number of nitrogens with zero attached hydrogens (tertiary/aromatic N) is 4. The van der Waals surface area contributed by atoms with Crippen LogP contribution in [-0.4, -0.2) is 47.9 Å². The number of fused-ring (bicyclic) bond motifs is 1. The molecule has 160 valence electrons. The first-order chi connectivity index (χ1) is 15.3.